The number of nitrogens with one attached hydrogen (secondary N) is 1. The van der Waals surface area contributed by atoms with Crippen molar-refractivity contribution < 1.29 is 13.5 Å². The van der Waals surface area contributed by atoms with Crippen molar-refractivity contribution in [3.8, 4) is 5.75 Å². The van der Waals surface area contributed by atoms with E-state index >= 15 is 0 Å². The summed E-state index contributed by atoms with van der Waals surface area (Å²) >= 11 is 0. The fourth-order valence-corrected chi connectivity index (χ4v) is 2.42. The van der Waals surface area contributed by atoms with Crippen molar-refractivity contribution in [1.29, 1.82) is 0 Å². The molecule has 0 bridgehead atoms. The molecule has 1 radical (unpaired) electrons. The maximum atomic E-state index is 11.9. The second-order valence-corrected chi connectivity index (χ2v) is 5.13. The molecule has 17 heavy (non-hydrogen) atoms. The molecular formula is C12H10NO3S. The Balaban J connectivity index is 2.27. The molecule has 0 aliphatic rings. The molecule has 4 nitrogen and oxygen atoms in total. The molecule has 2 aromatic carbocycles. The van der Waals surface area contributed by atoms with E-state index in [-0.39, 0.29) is 10.6 Å². The third-order valence-corrected chi connectivity index (χ3v) is 3.56. The number of hydrogen-bond acceptors (Lipinski definition) is 2. The predicted octanol–water partition coefficient (Wildman–Crippen LogP) is 2.63. The van der Waals surface area contributed by atoms with Crippen LogP contribution in [0, 0.1) is 0 Å². The summed E-state index contributed by atoms with van der Waals surface area (Å²) in [4.78, 5) is 0.186. The van der Waals surface area contributed by atoms with E-state index in [9.17, 15) is 13.5 Å². The molecule has 0 aromatic heterocycles. The lowest BCUT2D eigenvalue weighted by molar-refractivity contribution is 0.355. The van der Waals surface area contributed by atoms with Gasteiger partial charge < -0.3 is 0 Å². The fraction of sp³-hybridized carbons (Fsp3) is 0. The Morgan fingerprint density at radius 3 is 2.00 bits per heavy atom. The Morgan fingerprint density at radius 2 is 1.41 bits per heavy atom. The molecule has 0 spiro atoms. The van der Waals surface area contributed by atoms with Gasteiger partial charge in [-0.3, -0.25) is 9.83 Å². The summed E-state index contributed by atoms with van der Waals surface area (Å²) in [5.74, 6) is -0.160. The van der Waals surface area contributed by atoms with Gasteiger partial charge in [0.2, 0.25) is 0 Å². The fourth-order valence-electron chi connectivity index (χ4n) is 1.34. The minimum absolute atomic E-state index is 0.160. The smallest absolute Gasteiger partial charge is 0.261 e. The minimum Gasteiger partial charge on any atom is -0.290 e. The van der Waals surface area contributed by atoms with Crippen molar-refractivity contribution >= 4 is 15.7 Å². The quantitative estimate of drug-likeness (QED) is 0.907. The monoisotopic (exact) mass is 248 g/mol. The summed E-state index contributed by atoms with van der Waals surface area (Å²) in [5, 5.41) is 10.9. The molecule has 0 unspecified atom stereocenters. The van der Waals surface area contributed by atoms with Crippen LogP contribution < -0.4 is 4.72 Å². The highest BCUT2D eigenvalue weighted by molar-refractivity contribution is 7.92. The lowest BCUT2D eigenvalue weighted by Crippen LogP contribution is -2.12. The van der Waals surface area contributed by atoms with Crippen LogP contribution in [0.25, 0.3) is 0 Å². The molecule has 0 heterocycles. The second-order valence-electron chi connectivity index (χ2n) is 3.44. The van der Waals surface area contributed by atoms with Crippen LogP contribution in [0.15, 0.2) is 59.5 Å². The summed E-state index contributed by atoms with van der Waals surface area (Å²) in [5.41, 5.74) is 0.369. The molecule has 0 saturated heterocycles. The topological polar surface area (TPSA) is 66.1 Å². The molecule has 5 heteroatoms. The van der Waals surface area contributed by atoms with Gasteiger partial charge in [-0.1, -0.05) is 18.2 Å². The van der Waals surface area contributed by atoms with Crippen molar-refractivity contribution in [2.45, 2.75) is 4.90 Å². The summed E-state index contributed by atoms with van der Waals surface area (Å²) in [6.07, 6.45) is 0. The number of rotatable bonds is 3. The summed E-state index contributed by atoms with van der Waals surface area (Å²) in [7, 11) is -3.58. The molecule has 0 atom stereocenters. The van der Waals surface area contributed by atoms with E-state index in [2.05, 4.69) is 4.72 Å². The molecule has 87 valence electrons. The van der Waals surface area contributed by atoms with Gasteiger partial charge in [0, 0.05) is 5.69 Å². The number of anilines is 1. The first-order valence-electron chi connectivity index (χ1n) is 4.93. The van der Waals surface area contributed by atoms with E-state index in [1.165, 1.54) is 36.4 Å². The largest absolute Gasteiger partial charge is 0.290 e. The Bertz CT molecular complexity index is 591. The zero-order chi connectivity index (χ0) is 12.3. The number of hydrogen-bond donors (Lipinski definition) is 1. The Hall–Kier alpha value is -2.01. The van der Waals surface area contributed by atoms with Crippen LogP contribution in [0.1, 0.15) is 0 Å². The van der Waals surface area contributed by atoms with Gasteiger partial charge in [-0.15, -0.1) is 0 Å². The van der Waals surface area contributed by atoms with E-state index in [0.717, 1.165) is 0 Å². The molecule has 2 rings (SSSR count). The molecule has 0 amide bonds. The van der Waals surface area contributed by atoms with Gasteiger partial charge in [0.25, 0.3) is 10.0 Å². The van der Waals surface area contributed by atoms with Crippen LogP contribution in [-0.4, -0.2) is 8.42 Å². The van der Waals surface area contributed by atoms with Crippen LogP contribution in [-0.2, 0) is 15.1 Å². The van der Waals surface area contributed by atoms with E-state index in [4.69, 9.17) is 0 Å². The Kier molecular flexibility index (Phi) is 3.01. The summed E-state index contributed by atoms with van der Waals surface area (Å²) in [6.45, 7) is 0. The van der Waals surface area contributed by atoms with Gasteiger partial charge in [0.1, 0.15) is 0 Å². The molecule has 0 aliphatic carbocycles. The maximum absolute atomic E-state index is 11.9. The molecule has 0 saturated carbocycles. The summed E-state index contributed by atoms with van der Waals surface area (Å²) < 4.78 is 26.2. The van der Waals surface area contributed by atoms with E-state index in [1.54, 1.807) is 18.2 Å². The molecule has 2 aromatic rings. The highest BCUT2D eigenvalue weighted by Crippen LogP contribution is 2.18. The van der Waals surface area contributed by atoms with Crippen molar-refractivity contribution in [3.05, 3.63) is 54.6 Å². The van der Waals surface area contributed by atoms with Crippen LogP contribution >= 0.6 is 0 Å². The third-order valence-electron chi connectivity index (χ3n) is 2.16. The number of benzene rings is 2. The first-order chi connectivity index (χ1) is 8.08. The van der Waals surface area contributed by atoms with Crippen molar-refractivity contribution in [3.63, 3.8) is 0 Å². The molecule has 0 fully saturated rings. The van der Waals surface area contributed by atoms with Crippen molar-refractivity contribution in [1.82, 2.24) is 0 Å². The minimum atomic E-state index is -3.58. The van der Waals surface area contributed by atoms with Gasteiger partial charge in [0.15, 0.2) is 5.75 Å². The average Bonchev–Trinajstić information content (AvgIpc) is 2.33. The molecular weight excluding hydrogens is 238 g/mol. The van der Waals surface area contributed by atoms with Gasteiger partial charge >= 0.3 is 0 Å². The maximum Gasteiger partial charge on any atom is 0.261 e. The highest BCUT2D eigenvalue weighted by atomic mass is 32.2. The van der Waals surface area contributed by atoms with Crippen LogP contribution in [0.4, 0.5) is 5.69 Å². The Morgan fingerprint density at radius 1 is 0.824 bits per heavy atom. The summed E-state index contributed by atoms with van der Waals surface area (Å²) in [6, 6.07) is 13.5. The van der Waals surface area contributed by atoms with E-state index in [1.807, 2.05) is 0 Å². The van der Waals surface area contributed by atoms with Crippen molar-refractivity contribution in [2.24, 2.45) is 0 Å². The first kappa shape index (κ1) is 11.5. The second kappa shape index (κ2) is 4.47. The van der Waals surface area contributed by atoms with Gasteiger partial charge in [-0.05, 0) is 36.4 Å². The Labute approximate surface area is 99.6 Å². The average molecular weight is 248 g/mol. The van der Waals surface area contributed by atoms with Crippen LogP contribution in [0.5, 0.6) is 5.75 Å². The van der Waals surface area contributed by atoms with Gasteiger partial charge in [-0.25, -0.2) is 8.42 Å². The third kappa shape index (κ3) is 2.76. The van der Waals surface area contributed by atoms with Gasteiger partial charge in [0.05, 0.1) is 4.90 Å². The molecule has 0 aliphatic heterocycles. The first-order valence-corrected chi connectivity index (χ1v) is 6.41. The van der Waals surface area contributed by atoms with Crippen molar-refractivity contribution in [2.75, 3.05) is 4.72 Å². The normalized spacial score (nSPS) is 11.1. The molecule has 1 N–H and O–H groups in total. The zero-order valence-corrected chi connectivity index (χ0v) is 9.65. The highest BCUT2D eigenvalue weighted by Gasteiger charge is 2.12. The number of sulfonamides is 1. The van der Waals surface area contributed by atoms with Crippen LogP contribution in [0.3, 0.4) is 0 Å². The van der Waals surface area contributed by atoms with E-state index in [0.29, 0.717) is 5.69 Å². The van der Waals surface area contributed by atoms with Gasteiger partial charge in [-0.2, -0.15) is 0 Å². The predicted molar refractivity (Wildman–Crippen MR) is 63.8 cm³/mol. The van der Waals surface area contributed by atoms with Crippen LogP contribution in [0.2, 0.25) is 0 Å². The lowest BCUT2D eigenvalue weighted by Gasteiger charge is -2.07. The lowest BCUT2D eigenvalue weighted by atomic mass is 10.3. The SMILES string of the molecule is [O]c1ccc(NS(=O)(=O)c2ccccc2)cc1. The zero-order valence-electron chi connectivity index (χ0n) is 8.83. The standard InChI is InChI=1S/C12H10NO3S/c14-11-8-6-10(7-9-11)13-17(15,16)12-4-2-1-3-5-12/h1-9,13H. The van der Waals surface area contributed by atoms with E-state index < -0.39 is 10.0 Å².